The van der Waals surface area contributed by atoms with Gasteiger partial charge in [-0.3, -0.25) is 16.1 Å². The van der Waals surface area contributed by atoms with Gasteiger partial charge >= 0.3 is 0 Å². The number of benzene rings is 2. The molecule has 0 spiro atoms. The van der Waals surface area contributed by atoms with Crippen LogP contribution < -0.4 is 27.0 Å². The predicted molar refractivity (Wildman–Crippen MR) is 109 cm³/mol. The maximum absolute atomic E-state index is 7.15. The molecule has 8 heteroatoms. The molecule has 0 unspecified atom stereocenters. The molecule has 0 atom stereocenters. The molecule has 7 nitrogen and oxygen atoms in total. The third kappa shape index (κ3) is 6.04. The number of unbranched alkanes of at least 4 members (excludes halogenated alkanes) is 1. The van der Waals surface area contributed by atoms with E-state index in [0.29, 0.717) is 0 Å². The van der Waals surface area contributed by atoms with E-state index in [9.17, 15) is 0 Å². The van der Waals surface area contributed by atoms with Crippen LogP contribution in [-0.4, -0.2) is 25.1 Å². The molecule has 1 aliphatic rings. The van der Waals surface area contributed by atoms with Crippen LogP contribution in [0.2, 0.25) is 0 Å². The highest BCUT2D eigenvalue weighted by Gasteiger charge is 2.08. The first-order chi connectivity index (χ1) is 11.6. The quantitative estimate of drug-likeness (QED) is 0.257. The average molecular weight is 364 g/mol. The van der Waals surface area contributed by atoms with Crippen LogP contribution in [0.1, 0.15) is 19.8 Å². The zero-order valence-electron chi connectivity index (χ0n) is 14.3. The molecule has 0 fully saturated rings. The monoisotopic (exact) mass is 363 g/mol. The molecule has 8 N–H and O–H groups in total. The summed E-state index contributed by atoms with van der Waals surface area (Å²) in [6.45, 7) is 3.63. The smallest absolute Gasteiger partial charge is 0.195 e. The summed E-state index contributed by atoms with van der Waals surface area (Å²) in [4.78, 5) is 0. The Morgan fingerprint density at radius 1 is 1.12 bits per heavy atom. The van der Waals surface area contributed by atoms with Gasteiger partial charge in [-0.2, -0.15) is 0 Å². The van der Waals surface area contributed by atoms with Gasteiger partial charge in [0.25, 0.3) is 0 Å². The minimum Gasteiger partial charge on any atom is -0.370 e. The number of halogens is 1. The van der Waals surface area contributed by atoms with Gasteiger partial charge in [0.05, 0.1) is 6.67 Å². The van der Waals surface area contributed by atoms with E-state index in [1.165, 1.54) is 22.1 Å². The lowest BCUT2D eigenvalue weighted by atomic mass is 10.1. The van der Waals surface area contributed by atoms with Gasteiger partial charge in [-0.15, -0.1) is 12.4 Å². The Bertz CT molecular complexity index is 678. The maximum atomic E-state index is 7.15. The molecule has 3 rings (SSSR count). The Hall–Kier alpha value is -2.67. The highest BCUT2D eigenvalue weighted by molar-refractivity contribution is 6.04. The van der Waals surface area contributed by atoms with Crippen LogP contribution in [0.4, 0.5) is 11.4 Å². The SMILES string of the molecule is CCCCNC(=N)NC(=N)N.Cl.c1cc2c3c(cccc3c1)NCN2. The van der Waals surface area contributed by atoms with Crippen LogP contribution in [0.5, 0.6) is 0 Å². The number of rotatable bonds is 3. The molecule has 136 valence electrons. The summed E-state index contributed by atoms with van der Waals surface area (Å²) >= 11 is 0. The summed E-state index contributed by atoms with van der Waals surface area (Å²) < 4.78 is 0. The van der Waals surface area contributed by atoms with Gasteiger partial charge in [0, 0.05) is 23.3 Å². The van der Waals surface area contributed by atoms with Crippen LogP contribution >= 0.6 is 12.4 Å². The molecule has 1 heterocycles. The lowest BCUT2D eigenvalue weighted by Gasteiger charge is -2.20. The maximum Gasteiger partial charge on any atom is 0.195 e. The zero-order valence-corrected chi connectivity index (χ0v) is 15.1. The third-order valence-electron chi connectivity index (χ3n) is 3.55. The summed E-state index contributed by atoms with van der Waals surface area (Å²) in [6.07, 6.45) is 2.10. The molecule has 2 aromatic carbocycles. The largest absolute Gasteiger partial charge is 0.370 e. The Morgan fingerprint density at radius 3 is 2.24 bits per heavy atom. The van der Waals surface area contributed by atoms with Crippen LogP contribution in [-0.2, 0) is 0 Å². The summed E-state index contributed by atoms with van der Waals surface area (Å²) in [7, 11) is 0. The second-order valence-corrected chi connectivity index (χ2v) is 5.43. The van der Waals surface area contributed by atoms with Crippen LogP contribution in [0.3, 0.4) is 0 Å². The van der Waals surface area contributed by atoms with Gasteiger partial charge in [0.15, 0.2) is 11.9 Å². The molecule has 1 aliphatic heterocycles. The Labute approximate surface area is 154 Å². The predicted octanol–water partition coefficient (Wildman–Crippen LogP) is 2.85. The van der Waals surface area contributed by atoms with E-state index in [2.05, 4.69) is 64.6 Å². The van der Waals surface area contributed by atoms with E-state index in [1.807, 2.05) is 0 Å². The van der Waals surface area contributed by atoms with Gasteiger partial charge < -0.3 is 21.7 Å². The van der Waals surface area contributed by atoms with Gasteiger partial charge in [0.1, 0.15) is 0 Å². The fourth-order valence-electron chi connectivity index (χ4n) is 2.44. The van der Waals surface area contributed by atoms with E-state index in [-0.39, 0.29) is 24.3 Å². The van der Waals surface area contributed by atoms with E-state index in [0.717, 1.165) is 26.1 Å². The fourth-order valence-corrected chi connectivity index (χ4v) is 2.44. The van der Waals surface area contributed by atoms with E-state index < -0.39 is 0 Å². The summed E-state index contributed by atoms with van der Waals surface area (Å²) in [6, 6.07) is 12.7. The highest BCUT2D eigenvalue weighted by atomic mass is 35.5. The number of anilines is 2. The van der Waals surface area contributed by atoms with Gasteiger partial charge in [-0.25, -0.2) is 0 Å². The summed E-state index contributed by atoms with van der Waals surface area (Å²) in [5, 5.41) is 28.3. The molecule has 0 saturated heterocycles. The molecule has 0 bridgehead atoms. The van der Waals surface area contributed by atoms with Crippen molar-refractivity contribution in [2.24, 2.45) is 5.73 Å². The second-order valence-electron chi connectivity index (χ2n) is 5.43. The first-order valence-corrected chi connectivity index (χ1v) is 8.04. The van der Waals surface area contributed by atoms with Gasteiger partial charge in [-0.05, 0) is 23.9 Å². The van der Waals surface area contributed by atoms with Crippen molar-refractivity contribution in [3.63, 3.8) is 0 Å². The van der Waals surface area contributed by atoms with Crippen LogP contribution in [0.25, 0.3) is 10.8 Å². The topological polar surface area (TPSA) is 122 Å². The number of nitrogens with two attached hydrogens (primary N) is 1. The van der Waals surface area contributed by atoms with Crippen molar-refractivity contribution in [1.29, 1.82) is 10.8 Å². The van der Waals surface area contributed by atoms with Crippen molar-refractivity contribution in [1.82, 2.24) is 10.6 Å². The molecular formula is C17H26ClN7. The minimum absolute atomic E-state index is 0. The molecule has 25 heavy (non-hydrogen) atoms. The fraction of sp³-hybridized carbons (Fsp3) is 0.294. The van der Waals surface area contributed by atoms with Crippen LogP contribution in [0, 0.1) is 10.8 Å². The Balaban J connectivity index is 0.000000246. The number of guanidine groups is 2. The van der Waals surface area contributed by atoms with Crippen molar-refractivity contribution < 1.29 is 0 Å². The standard InChI is InChI=1S/C11H10N2.C6H15N5.ClH/c1-3-8-4-2-6-10-11(8)9(5-1)12-7-13-10;1-2-3-4-10-6(9)11-5(7)8;/h1-6,12-13H,7H2;2-4H2,1H3,(H6,7,8,9,10,11);1H. The summed E-state index contributed by atoms with van der Waals surface area (Å²) in [5.41, 5.74) is 7.45. The van der Waals surface area contributed by atoms with E-state index in [1.54, 1.807) is 0 Å². The first-order valence-electron chi connectivity index (χ1n) is 8.04. The van der Waals surface area contributed by atoms with Crippen molar-refractivity contribution in [2.75, 3.05) is 23.8 Å². The third-order valence-corrected chi connectivity index (χ3v) is 3.55. The van der Waals surface area contributed by atoms with Crippen LogP contribution in [0.15, 0.2) is 36.4 Å². The first kappa shape index (κ1) is 20.4. The molecule has 0 radical (unpaired) electrons. The minimum atomic E-state index is -0.209. The lowest BCUT2D eigenvalue weighted by molar-refractivity contribution is 0.744. The average Bonchev–Trinajstić information content (AvgIpc) is 2.56. The molecule has 0 aromatic heterocycles. The zero-order chi connectivity index (χ0) is 17.4. The normalized spacial score (nSPS) is 10.9. The van der Waals surface area contributed by atoms with E-state index >= 15 is 0 Å². The Kier molecular flexibility index (Phi) is 8.35. The van der Waals surface area contributed by atoms with Crippen molar-refractivity contribution in [2.45, 2.75) is 19.8 Å². The number of hydrogen-bond donors (Lipinski definition) is 7. The number of nitrogens with one attached hydrogen (secondary N) is 6. The van der Waals surface area contributed by atoms with E-state index in [4.69, 9.17) is 16.6 Å². The highest BCUT2D eigenvalue weighted by Crippen LogP contribution is 2.32. The summed E-state index contributed by atoms with van der Waals surface area (Å²) in [5.74, 6) is -0.120. The van der Waals surface area contributed by atoms with Crippen molar-refractivity contribution in [3.8, 4) is 0 Å². The molecule has 0 amide bonds. The Morgan fingerprint density at radius 2 is 1.72 bits per heavy atom. The van der Waals surface area contributed by atoms with Gasteiger partial charge in [0.2, 0.25) is 0 Å². The molecule has 2 aromatic rings. The second kappa shape index (κ2) is 10.2. The molecular weight excluding hydrogens is 338 g/mol. The molecule has 0 saturated carbocycles. The lowest BCUT2D eigenvalue weighted by Crippen LogP contribution is -2.43. The van der Waals surface area contributed by atoms with Crippen molar-refractivity contribution in [3.05, 3.63) is 36.4 Å². The number of hydrogen-bond acceptors (Lipinski definition) is 4. The van der Waals surface area contributed by atoms with Gasteiger partial charge in [-0.1, -0.05) is 37.6 Å². The molecule has 0 aliphatic carbocycles. The van der Waals surface area contributed by atoms with Crippen molar-refractivity contribution >= 4 is 46.5 Å².